The van der Waals surface area contributed by atoms with Crippen LogP contribution in [-0.4, -0.2) is 60.2 Å². The minimum atomic E-state index is -0.471. The number of ether oxygens (including phenoxy) is 1. The summed E-state index contributed by atoms with van der Waals surface area (Å²) in [7, 11) is 1.58. The van der Waals surface area contributed by atoms with E-state index in [2.05, 4.69) is 15.9 Å². The Morgan fingerprint density at radius 1 is 1.20 bits per heavy atom. The van der Waals surface area contributed by atoms with Crippen LogP contribution in [0.4, 0.5) is 9.39 Å². The fourth-order valence-electron chi connectivity index (χ4n) is 4.49. The highest BCUT2D eigenvalue weighted by atomic mass is 35.5. The molecule has 5 rings (SSSR count). The molecule has 1 fully saturated rings. The number of aliphatic hydroxyl groups excluding tert-OH is 1. The van der Waals surface area contributed by atoms with Crippen molar-refractivity contribution in [2.75, 3.05) is 44.8 Å². The molecule has 0 aliphatic carbocycles. The van der Waals surface area contributed by atoms with E-state index in [9.17, 15) is 9.90 Å². The van der Waals surface area contributed by atoms with Crippen LogP contribution in [0.5, 0.6) is 5.75 Å². The molecule has 1 N–H and O–H groups in total. The predicted molar refractivity (Wildman–Crippen MR) is 139 cm³/mol. The van der Waals surface area contributed by atoms with E-state index in [1.807, 2.05) is 30.3 Å². The van der Waals surface area contributed by atoms with Crippen LogP contribution in [-0.2, 0) is 4.79 Å². The molecule has 6 nitrogen and oxygen atoms in total. The number of amides is 1. The number of hydrogen-bond donors (Lipinski definition) is 1. The molecule has 35 heavy (non-hydrogen) atoms. The molecule has 1 amide bonds. The summed E-state index contributed by atoms with van der Waals surface area (Å²) in [5.74, 6) is -0.100. The number of piperazine rings is 1. The Kier molecular flexibility index (Phi) is 6.35. The summed E-state index contributed by atoms with van der Waals surface area (Å²) in [5, 5.41) is 12.7. The fraction of sp³-hybridized carbons (Fsp3) is 0.231. The predicted octanol–water partition coefficient (Wildman–Crippen LogP) is 5.11. The number of nitrogens with zero attached hydrogens (tertiary/aromatic N) is 3. The van der Waals surface area contributed by atoms with Gasteiger partial charge in [-0.1, -0.05) is 42.4 Å². The number of anilines is 1. The van der Waals surface area contributed by atoms with Gasteiger partial charge in [0.15, 0.2) is 5.82 Å². The lowest BCUT2D eigenvalue weighted by Crippen LogP contribution is -2.49. The Bertz CT molecular complexity index is 1460. The number of carbonyl (C=O) groups excluding carboxylic acids is 1. The molecule has 0 bridgehead atoms. The van der Waals surface area contributed by atoms with Crippen molar-refractivity contribution in [3.05, 3.63) is 65.5 Å². The molecular formula is C26H23ClFN3O3S. The van der Waals surface area contributed by atoms with Gasteiger partial charge in [-0.05, 0) is 46.1 Å². The first-order chi connectivity index (χ1) is 16.9. The third-order valence-corrected chi connectivity index (χ3v) is 7.56. The van der Waals surface area contributed by atoms with E-state index in [-0.39, 0.29) is 23.6 Å². The molecule has 3 aromatic carbocycles. The number of halogens is 2. The van der Waals surface area contributed by atoms with Gasteiger partial charge in [-0.3, -0.25) is 4.79 Å². The Labute approximate surface area is 210 Å². The Balaban J connectivity index is 1.53. The van der Waals surface area contributed by atoms with Gasteiger partial charge in [-0.15, -0.1) is 0 Å². The molecule has 4 aromatic rings. The van der Waals surface area contributed by atoms with Gasteiger partial charge in [-0.25, -0.2) is 4.39 Å². The third-order valence-electron chi connectivity index (χ3n) is 6.33. The summed E-state index contributed by atoms with van der Waals surface area (Å²) < 4.78 is 25.9. The second-order valence-electron chi connectivity index (χ2n) is 8.37. The number of rotatable bonds is 5. The monoisotopic (exact) mass is 511 g/mol. The second-order valence-corrected chi connectivity index (χ2v) is 9.53. The van der Waals surface area contributed by atoms with E-state index in [1.54, 1.807) is 24.1 Å². The van der Waals surface area contributed by atoms with E-state index >= 15 is 4.39 Å². The molecule has 1 aromatic heterocycles. The standard InChI is InChI=1S/C26H23ClFN3O3S/c1-15(14-32)25(33)30-7-9-31(10-8-30)26-20-13-21(27)22(23(28)24(20)29-35-26)19-12-17(34-2)11-16-5-3-4-6-18(16)19/h3-6,11-13,32H,1,7-10,14H2,2H3. The van der Waals surface area contributed by atoms with Crippen molar-refractivity contribution in [1.29, 1.82) is 0 Å². The molecule has 9 heteroatoms. The highest BCUT2D eigenvalue weighted by molar-refractivity contribution is 7.11. The Morgan fingerprint density at radius 2 is 1.94 bits per heavy atom. The molecule has 0 unspecified atom stereocenters. The number of carbonyl (C=O) groups is 1. The summed E-state index contributed by atoms with van der Waals surface area (Å²) in [6.45, 7) is 5.32. The molecule has 0 spiro atoms. The molecule has 180 valence electrons. The van der Waals surface area contributed by atoms with Crippen LogP contribution in [0.25, 0.3) is 32.8 Å². The fourth-order valence-corrected chi connectivity index (χ4v) is 5.69. The van der Waals surface area contributed by atoms with Crippen molar-refractivity contribution >= 4 is 55.7 Å². The van der Waals surface area contributed by atoms with Gasteiger partial charge in [0.2, 0.25) is 0 Å². The molecule has 1 aliphatic heterocycles. The maximum absolute atomic E-state index is 16.0. The lowest BCUT2D eigenvalue weighted by atomic mass is 9.96. The minimum absolute atomic E-state index is 0.174. The number of aliphatic hydroxyl groups is 1. The van der Waals surface area contributed by atoms with Crippen LogP contribution in [0.15, 0.2) is 54.6 Å². The second kappa shape index (κ2) is 9.45. The lowest BCUT2D eigenvalue weighted by molar-refractivity contribution is -0.127. The van der Waals surface area contributed by atoms with Crippen LogP contribution in [0.3, 0.4) is 0 Å². The van der Waals surface area contributed by atoms with E-state index in [1.165, 1.54) is 11.5 Å². The SMILES string of the molecule is C=C(CO)C(=O)N1CCN(c2snc3c(F)c(-c4cc(OC)cc5ccccc45)c(Cl)cc23)CC1. The van der Waals surface area contributed by atoms with Crippen LogP contribution < -0.4 is 9.64 Å². The topological polar surface area (TPSA) is 65.9 Å². The van der Waals surface area contributed by atoms with Crippen molar-refractivity contribution in [2.24, 2.45) is 0 Å². The summed E-state index contributed by atoms with van der Waals surface area (Å²) in [4.78, 5) is 16.0. The van der Waals surface area contributed by atoms with Crippen molar-refractivity contribution in [3.8, 4) is 16.9 Å². The van der Waals surface area contributed by atoms with Crippen molar-refractivity contribution in [2.45, 2.75) is 0 Å². The van der Waals surface area contributed by atoms with E-state index in [4.69, 9.17) is 16.3 Å². The Hall–Kier alpha value is -3.20. The first-order valence-electron chi connectivity index (χ1n) is 11.1. The number of aromatic nitrogens is 1. The van der Waals surface area contributed by atoms with Crippen molar-refractivity contribution in [1.82, 2.24) is 9.27 Å². The highest BCUT2D eigenvalue weighted by Gasteiger charge is 2.27. The summed E-state index contributed by atoms with van der Waals surface area (Å²) in [5.41, 5.74) is 1.38. The molecular weight excluding hydrogens is 489 g/mol. The molecule has 0 saturated carbocycles. The summed E-state index contributed by atoms with van der Waals surface area (Å²) in [6, 6.07) is 13.2. The van der Waals surface area contributed by atoms with Crippen molar-refractivity contribution < 1.29 is 19.0 Å². The van der Waals surface area contributed by atoms with Gasteiger partial charge in [-0.2, -0.15) is 4.37 Å². The molecule has 1 aliphatic rings. The van der Waals surface area contributed by atoms with Gasteiger partial charge in [0.25, 0.3) is 5.91 Å². The quantitative estimate of drug-likeness (QED) is 0.377. The Morgan fingerprint density at radius 3 is 2.66 bits per heavy atom. The van der Waals surface area contributed by atoms with Gasteiger partial charge < -0.3 is 19.6 Å². The average Bonchev–Trinajstić information content (AvgIpc) is 3.31. The van der Waals surface area contributed by atoms with Crippen LogP contribution in [0.1, 0.15) is 0 Å². The number of fused-ring (bicyclic) bond motifs is 2. The van der Waals surface area contributed by atoms with Gasteiger partial charge in [0.05, 0.1) is 18.7 Å². The number of methoxy groups -OCH3 is 1. The lowest BCUT2D eigenvalue weighted by Gasteiger charge is -2.35. The number of benzene rings is 3. The largest absolute Gasteiger partial charge is 0.497 e. The zero-order chi connectivity index (χ0) is 24.7. The molecule has 0 radical (unpaired) electrons. The molecule has 0 atom stereocenters. The first-order valence-corrected chi connectivity index (χ1v) is 12.3. The zero-order valence-electron chi connectivity index (χ0n) is 19.1. The van der Waals surface area contributed by atoms with Crippen LogP contribution in [0.2, 0.25) is 5.02 Å². The van der Waals surface area contributed by atoms with Crippen molar-refractivity contribution in [3.63, 3.8) is 0 Å². The number of hydrogen-bond acceptors (Lipinski definition) is 6. The smallest absolute Gasteiger partial charge is 0.251 e. The third kappa shape index (κ3) is 4.11. The maximum Gasteiger partial charge on any atom is 0.251 e. The van der Waals surface area contributed by atoms with E-state index in [0.717, 1.165) is 15.8 Å². The summed E-state index contributed by atoms with van der Waals surface area (Å²) >= 11 is 7.93. The van der Waals surface area contributed by atoms with Crippen LogP contribution >= 0.6 is 23.1 Å². The van der Waals surface area contributed by atoms with Gasteiger partial charge in [0.1, 0.15) is 16.3 Å². The molecule has 2 heterocycles. The van der Waals surface area contributed by atoms with E-state index in [0.29, 0.717) is 53.5 Å². The van der Waals surface area contributed by atoms with Gasteiger partial charge in [0, 0.05) is 42.7 Å². The van der Waals surface area contributed by atoms with E-state index < -0.39 is 5.82 Å². The first kappa shape index (κ1) is 23.5. The molecule has 1 saturated heterocycles. The normalized spacial score (nSPS) is 14.1. The van der Waals surface area contributed by atoms with Crippen LogP contribution in [0, 0.1) is 5.82 Å². The average molecular weight is 512 g/mol. The van der Waals surface area contributed by atoms with Gasteiger partial charge >= 0.3 is 0 Å². The minimum Gasteiger partial charge on any atom is -0.497 e. The maximum atomic E-state index is 16.0. The highest BCUT2D eigenvalue weighted by Crippen LogP contribution is 2.43. The zero-order valence-corrected chi connectivity index (χ0v) is 20.6. The summed E-state index contributed by atoms with van der Waals surface area (Å²) in [6.07, 6.45) is 0.